The van der Waals surface area contributed by atoms with Crippen LogP contribution in [-0.4, -0.2) is 40.2 Å². The van der Waals surface area contributed by atoms with Gasteiger partial charge >= 0.3 is 0 Å². The van der Waals surface area contributed by atoms with E-state index in [1.807, 2.05) is 31.2 Å². The summed E-state index contributed by atoms with van der Waals surface area (Å²) < 4.78 is 17.2. The van der Waals surface area contributed by atoms with E-state index in [4.69, 9.17) is 4.42 Å². The quantitative estimate of drug-likeness (QED) is 0.272. The molecule has 0 saturated heterocycles. The number of nitrogens with one attached hydrogen (secondary N) is 3. The predicted octanol–water partition coefficient (Wildman–Crippen LogP) is 3.89. The molecule has 0 radical (unpaired) electrons. The molecule has 0 bridgehead atoms. The number of aliphatic imine (C=N–C) groups is 1. The van der Waals surface area contributed by atoms with E-state index in [0.717, 1.165) is 43.0 Å². The standard InChI is InChI=1S/C22H30N4O3S.HI/c1-3-30(28)19-7-4-6-18(14-19)26-22(23-2)24-15-16-9-11-17(12-10-16)25-21(27)20-8-5-13-29-20;/h5,8-13,18-19H,3-4,6-7,14-15H2,1-2H3,(H,25,27)(H2,23,24,26);1H. The minimum absolute atomic E-state index is 0. The number of rotatable bonds is 7. The summed E-state index contributed by atoms with van der Waals surface area (Å²) in [5, 5.41) is 9.90. The lowest BCUT2D eigenvalue weighted by atomic mass is 9.95. The Labute approximate surface area is 203 Å². The number of hydrogen-bond donors (Lipinski definition) is 3. The summed E-state index contributed by atoms with van der Waals surface area (Å²) in [4.78, 5) is 16.4. The van der Waals surface area contributed by atoms with E-state index in [-0.39, 0.29) is 40.9 Å². The topological polar surface area (TPSA) is 95.7 Å². The number of amides is 1. The summed E-state index contributed by atoms with van der Waals surface area (Å²) >= 11 is 0. The highest BCUT2D eigenvalue weighted by atomic mass is 127. The molecule has 0 spiro atoms. The van der Waals surface area contributed by atoms with Crippen LogP contribution in [0, 0.1) is 0 Å². The molecule has 1 aliphatic carbocycles. The molecule has 7 nitrogen and oxygen atoms in total. The highest BCUT2D eigenvalue weighted by Gasteiger charge is 2.26. The Morgan fingerprint density at radius 2 is 2.00 bits per heavy atom. The second-order valence-electron chi connectivity index (χ2n) is 7.35. The molecular weight excluding hydrogens is 527 g/mol. The second kappa shape index (κ2) is 12.8. The van der Waals surface area contributed by atoms with E-state index in [2.05, 4.69) is 20.9 Å². The van der Waals surface area contributed by atoms with Gasteiger partial charge in [0.25, 0.3) is 5.91 Å². The van der Waals surface area contributed by atoms with Gasteiger partial charge in [0.2, 0.25) is 0 Å². The minimum Gasteiger partial charge on any atom is -0.459 e. The van der Waals surface area contributed by atoms with Crippen LogP contribution in [0.1, 0.15) is 48.7 Å². The lowest BCUT2D eigenvalue weighted by Gasteiger charge is -2.30. The highest BCUT2D eigenvalue weighted by molar-refractivity contribution is 14.0. The van der Waals surface area contributed by atoms with Crippen molar-refractivity contribution in [3.63, 3.8) is 0 Å². The average Bonchev–Trinajstić information content (AvgIpc) is 3.32. The first-order chi connectivity index (χ1) is 14.6. The molecule has 1 aliphatic rings. The number of halogens is 1. The van der Waals surface area contributed by atoms with E-state index < -0.39 is 10.8 Å². The monoisotopic (exact) mass is 558 g/mol. The van der Waals surface area contributed by atoms with Crippen molar-refractivity contribution in [1.82, 2.24) is 10.6 Å². The van der Waals surface area contributed by atoms with Gasteiger partial charge < -0.3 is 20.4 Å². The fourth-order valence-electron chi connectivity index (χ4n) is 3.63. The molecule has 3 N–H and O–H groups in total. The van der Waals surface area contributed by atoms with E-state index >= 15 is 0 Å². The molecule has 1 amide bonds. The van der Waals surface area contributed by atoms with E-state index in [1.165, 1.54) is 6.26 Å². The summed E-state index contributed by atoms with van der Waals surface area (Å²) in [6.07, 6.45) is 5.61. The van der Waals surface area contributed by atoms with Crippen LogP contribution in [0.5, 0.6) is 0 Å². The maximum absolute atomic E-state index is 12.1. The van der Waals surface area contributed by atoms with Crippen LogP contribution in [0.15, 0.2) is 52.1 Å². The number of furan rings is 1. The first-order valence-corrected chi connectivity index (χ1v) is 11.8. The molecule has 0 aliphatic heterocycles. The maximum atomic E-state index is 12.1. The van der Waals surface area contributed by atoms with Crippen molar-refractivity contribution in [2.24, 2.45) is 4.99 Å². The molecule has 3 atom stereocenters. The fraction of sp³-hybridized carbons (Fsp3) is 0.455. The summed E-state index contributed by atoms with van der Waals surface area (Å²) in [5.74, 6) is 1.48. The predicted molar refractivity (Wildman–Crippen MR) is 137 cm³/mol. The molecule has 1 fully saturated rings. The molecule has 3 rings (SSSR count). The molecule has 31 heavy (non-hydrogen) atoms. The summed E-state index contributed by atoms with van der Waals surface area (Å²) in [7, 11) is 1.02. The smallest absolute Gasteiger partial charge is 0.291 e. The lowest BCUT2D eigenvalue weighted by molar-refractivity contribution is 0.0996. The van der Waals surface area contributed by atoms with Crippen LogP contribution < -0.4 is 16.0 Å². The highest BCUT2D eigenvalue weighted by Crippen LogP contribution is 2.23. The van der Waals surface area contributed by atoms with Gasteiger partial charge in [0.15, 0.2) is 11.7 Å². The van der Waals surface area contributed by atoms with Crippen molar-refractivity contribution >= 4 is 52.3 Å². The average molecular weight is 558 g/mol. The largest absolute Gasteiger partial charge is 0.459 e. The van der Waals surface area contributed by atoms with Crippen LogP contribution in [0.25, 0.3) is 0 Å². The van der Waals surface area contributed by atoms with Crippen LogP contribution in [0.4, 0.5) is 5.69 Å². The number of guanidine groups is 1. The van der Waals surface area contributed by atoms with Gasteiger partial charge in [-0.15, -0.1) is 24.0 Å². The van der Waals surface area contributed by atoms with Gasteiger partial charge in [0.1, 0.15) is 0 Å². The molecule has 9 heteroatoms. The van der Waals surface area contributed by atoms with Crippen molar-refractivity contribution in [2.75, 3.05) is 18.1 Å². The molecular formula is C22H31IN4O3S. The maximum Gasteiger partial charge on any atom is 0.291 e. The Balaban J connectivity index is 0.00000341. The number of hydrogen-bond acceptors (Lipinski definition) is 4. The summed E-state index contributed by atoms with van der Waals surface area (Å²) in [5.41, 5.74) is 1.78. The number of anilines is 1. The minimum atomic E-state index is -0.737. The molecule has 170 valence electrons. The van der Waals surface area contributed by atoms with Crippen molar-refractivity contribution < 1.29 is 13.4 Å². The van der Waals surface area contributed by atoms with Gasteiger partial charge in [-0.05, 0) is 49.1 Å². The number of carbonyl (C=O) groups is 1. The van der Waals surface area contributed by atoms with Crippen LogP contribution >= 0.6 is 24.0 Å². The van der Waals surface area contributed by atoms with Crippen LogP contribution in [-0.2, 0) is 17.3 Å². The summed E-state index contributed by atoms with van der Waals surface area (Å²) in [6.45, 7) is 2.60. The third-order valence-corrected chi connectivity index (χ3v) is 7.00. The van der Waals surface area contributed by atoms with E-state index in [9.17, 15) is 9.00 Å². The van der Waals surface area contributed by atoms with Gasteiger partial charge in [0, 0.05) is 47.1 Å². The Hall–Kier alpha value is -1.88. The zero-order valence-corrected chi connectivity index (χ0v) is 21.1. The number of carbonyl (C=O) groups excluding carboxylic acids is 1. The molecule has 1 aromatic heterocycles. The number of benzene rings is 1. The SMILES string of the molecule is CCS(=O)C1CCCC(NC(=NC)NCc2ccc(NC(=O)c3ccco3)cc2)C1.I. The van der Waals surface area contributed by atoms with Gasteiger partial charge in [0.05, 0.1) is 6.26 Å². The molecule has 2 aromatic rings. The molecule has 1 aromatic carbocycles. The normalized spacial score (nSPS) is 19.7. The number of nitrogens with zero attached hydrogens (tertiary/aromatic N) is 1. The Bertz CT molecular complexity index is 871. The zero-order valence-electron chi connectivity index (χ0n) is 17.9. The fourth-order valence-corrected chi connectivity index (χ4v) is 4.98. The molecule has 3 unspecified atom stereocenters. The van der Waals surface area contributed by atoms with Crippen molar-refractivity contribution in [1.29, 1.82) is 0 Å². The Morgan fingerprint density at radius 1 is 1.23 bits per heavy atom. The molecule has 1 saturated carbocycles. The first-order valence-electron chi connectivity index (χ1n) is 10.4. The van der Waals surface area contributed by atoms with E-state index in [1.54, 1.807) is 19.2 Å². The second-order valence-corrected chi connectivity index (χ2v) is 9.36. The van der Waals surface area contributed by atoms with Gasteiger partial charge in [-0.25, -0.2) is 0 Å². The van der Waals surface area contributed by atoms with Gasteiger partial charge in [-0.3, -0.25) is 14.0 Å². The van der Waals surface area contributed by atoms with Crippen molar-refractivity contribution in [2.45, 2.75) is 50.4 Å². The van der Waals surface area contributed by atoms with Crippen LogP contribution in [0.3, 0.4) is 0 Å². The third kappa shape index (κ3) is 7.64. The van der Waals surface area contributed by atoms with Crippen molar-refractivity contribution in [3.8, 4) is 0 Å². The lowest BCUT2D eigenvalue weighted by Crippen LogP contribution is -2.46. The molecule has 1 heterocycles. The van der Waals surface area contributed by atoms with Crippen LogP contribution in [0.2, 0.25) is 0 Å². The van der Waals surface area contributed by atoms with Gasteiger partial charge in [-0.1, -0.05) is 25.5 Å². The Morgan fingerprint density at radius 3 is 2.65 bits per heavy atom. The first kappa shape index (κ1) is 25.4. The van der Waals surface area contributed by atoms with E-state index in [0.29, 0.717) is 18.3 Å². The van der Waals surface area contributed by atoms with Gasteiger partial charge in [-0.2, -0.15) is 0 Å². The third-order valence-electron chi connectivity index (χ3n) is 5.26. The van der Waals surface area contributed by atoms with Crippen molar-refractivity contribution in [3.05, 3.63) is 54.0 Å². The zero-order chi connectivity index (χ0) is 21.3. The summed E-state index contributed by atoms with van der Waals surface area (Å²) in [6, 6.07) is 11.2. The Kier molecular flexibility index (Phi) is 10.5.